The maximum atomic E-state index is 13.6. The van der Waals surface area contributed by atoms with E-state index in [2.05, 4.69) is 66.6 Å². The van der Waals surface area contributed by atoms with Crippen LogP contribution in [0.2, 0.25) is 0 Å². The Kier molecular flexibility index (Phi) is 33.8. The molecule has 0 spiro atoms. The molecule has 0 radical (unpaired) electrons. The Balaban J connectivity index is 0.852. The number of halogens is 4. The zero-order valence-electron chi connectivity index (χ0n) is 46.4. The van der Waals surface area contributed by atoms with Gasteiger partial charge < -0.3 is 78.3 Å². The monoisotopic (exact) mass is 1140 g/mol. The summed E-state index contributed by atoms with van der Waals surface area (Å²) in [5.41, 5.74) is 10.7. The van der Waals surface area contributed by atoms with Gasteiger partial charge in [-0.25, -0.2) is 23.7 Å². The number of benzene rings is 2. The number of fused-ring (bicyclic) bond motifs is 1. The van der Waals surface area contributed by atoms with Crippen molar-refractivity contribution in [3.63, 3.8) is 0 Å². The van der Waals surface area contributed by atoms with E-state index in [0.29, 0.717) is 154 Å². The molecule has 1 aliphatic heterocycles. The van der Waals surface area contributed by atoms with Crippen molar-refractivity contribution in [2.24, 2.45) is 10.7 Å². The van der Waals surface area contributed by atoms with Gasteiger partial charge in [0, 0.05) is 62.0 Å². The van der Waals surface area contributed by atoms with Crippen LogP contribution in [0.5, 0.6) is 5.75 Å². The van der Waals surface area contributed by atoms with Gasteiger partial charge in [0.05, 0.1) is 162 Å². The van der Waals surface area contributed by atoms with Crippen molar-refractivity contribution < 1.29 is 79.3 Å². The molecule has 0 saturated heterocycles. The van der Waals surface area contributed by atoms with Gasteiger partial charge in [0.15, 0.2) is 11.6 Å². The Labute approximate surface area is 466 Å². The number of carbonyl (C=O) groups is 2. The second kappa shape index (κ2) is 40.5. The summed E-state index contributed by atoms with van der Waals surface area (Å²) in [5, 5.41) is 6.07. The van der Waals surface area contributed by atoms with Crippen molar-refractivity contribution in [3.05, 3.63) is 88.9 Å². The number of aliphatic imine (C=N–C) groups is 1. The summed E-state index contributed by atoms with van der Waals surface area (Å²) in [6.45, 7) is 20.0. The van der Waals surface area contributed by atoms with Crippen molar-refractivity contribution in [1.29, 1.82) is 0 Å². The van der Waals surface area contributed by atoms with Gasteiger partial charge in [-0.3, -0.25) is 9.59 Å². The zero-order valence-corrected chi connectivity index (χ0v) is 46.4. The topological polar surface area (TPSA) is 230 Å². The van der Waals surface area contributed by atoms with Gasteiger partial charge in [0.1, 0.15) is 5.84 Å². The van der Waals surface area contributed by atoms with E-state index in [-0.39, 0.29) is 31.8 Å². The highest BCUT2D eigenvalue weighted by molar-refractivity contribution is 6.05. The number of nitrogens with one attached hydrogen (secondary N) is 2. The molecular formula is C55H80F4N8O13. The van der Waals surface area contributed by atoms with Gasteiger partial charge in [-0.1, -0.05) is 26.5 Å². The second-order valence-corrected chi connectivity index (χ2v) is 17.8. The third-order valence-corrected chi connectivity index (χ3v) is 11.4. The highest BCUT2D eigenvalue weighted by atomic mass is 19.2. The standard InChI is InChI=1S/C55H80F4N8O13/c1-5-11-67(12-6-2)41(3)44-35-42-7-8-43(36-48(42)65-49(60)37-44)54(69)64-45-39-62-55(63-40-45)61-10-13-66(4)14-16-71-18-20-73-22-24-75-26-28-77-30-32-79-34-33-78-31-29-76-27-25-74-23-21-72-19-17-70-15-9-50(68)80-53-51(58)46(56)38-47(57)52(53)59/h7-8,35-36,38-40H,3,5-6,9-34,37H2,1-2,4H3,(H2,60,65)(H,64,69)(H,61,62,63). The van der Waals surface area contributed by atoms with E-state index < -0.39 is 41.4 Å². The lowest BCUT2D eigenvalue weighted by molar-refractivity contribution is -0.136. The van der Waals surface area contributed by atoms with Gasteiger partial charge in [0.2, 0.25) is 23.3 Å². The lowest BCUT2D eigenvalue weighted by Crippen LogP contribution is -2.29. The fourth-order valence-corrected chi connectivity index (χ4v) is 7.26. The fourth-order valence-electron chi connectivity index (χ4n) is 7.26. The molecule has 4 N–H and O–H groups in total. The van der Waals surface area contributed by atoms with E-state index in [0.717, 1.165) is 55.9 Å². The molecule has 1 aliphatic rings. The third kappa shape index (κ3) is 27.2. The zero-order chi connectivity index (χ0) is 57.6. The summed E-state index contributed by atoms with van der Waals surface area (Å²) in [5.74, 6) is -8.90. The Morgan fingerprint density at radius 1 is 0.637 bits per heavy atom. The molecule has 446 valence electrons. The number of hydrogen-bond acceptors (Lipinski definition) is 20. The summed E-state index contributed by atoms with van der Waals surface area (Å²) in [4.78, 5) is 42.7. The lowest BCUT2D eigenvalue weighted by Gasteiger charge is -2.27. The number of likely N-dealkylation sites (N-methyl/N-ethyl adjacent to an activating group) is 1. The van der Waals surface area contributed by atoms with Gasteiger partial charge in [-0.15, -0.1) is 0 Å². The van der Waals surface area contributed by atoms with Crippen LogP contribution in [0.1, 0.15) is 55.5 Å². The number of allylic oxidation sites excluding steroid dienone is 1. The molecule has 0 unspecified atom stereocenters. The summed E-state index contributed by atoms with van der Waals surface area (Å²) >= 11 is 0. The average Bonchev–Trinajstić information content (AvgIpc) is 3.61. The Hall–Kier alpha value is -5.71. The summed E-state index contributed by atoms with van der Waals surface area (Å²) in [6, 6.07) is 5.41. The highest BCUT2D eigenvalue weighted by Crippen LogP contribution is 2.31. The first-order chi connectivity index (χ1) is 38.9. The minimum absolute atomic E-state index is 0.0169. The van der Waals surface area contributed by atoms with E-state index in [1.54, 1.807) is 24.5 Å². The van der Waals surface area contributed by atoms with Crippen LogP contribution in [0.25, 0.3) is 6.08 Å². The molecule has 4 rings (SSSR count). The molecule has 2 heterocycles. The second-order valence-electron chi connectivity index (χ2n) is 17.8. The maximum Gasteiger partial charge on any atom is 0.313 e. The highest BCUT2D eigenvalue weighted by Gasteiger charge is 2.23. The normalized spacial score (nSPS) is 12.2. The molecule has 2 aromatic carbocycles. The molecular weight excluding hydrogens is 1060 g/mol. The van der Waals surface area contributed by atoms with E-state index in [1.807, 2.05) is 13.1 Å². The van der Waals surface area contributed by atoms with Crippen LogP contribution >= 0.6 is 0 Å². The van der Waals surface area contributed by atoms with E-state index in [9.17, 15) is 27.2 Å². The summed E-state index contributed by atoms with van der Waals surface area (Å²) in [6.07, 6.45) is 7.31. The molecule has 0 fully saturated rings. The molecule has 3 aromatic rings. The first-order valence-corrected chi connectivity index (χ1v) is 26.9. The largest absolute Gasteiger partial charge is 0.420 e. The molecule has 80 heavy (non-hydrogen) atoms. The number of hydrogen-bond donors (Lipinski definition) is 3. The van der Waals surface area contributed by atoms with Crippen LogP contribution in [-0.4, -0.2) is 209 Å². The number of nitrogens with two attached hydrogens (primary N) is 1. The van der Waals surface area contributed by atoms with Gasteiger partial charge in [0.25, 0.3) is 5.91 Å². The number of nitrogens with zero attached hydrogens (tertiary/aromatic N) is 5. The molecule has 1 amide bonds. The Morgan fingerprint density at radius 2 is 1.10 bits per heavy atom. The number of amides is 1. The van der Waals surface area contributed by atoms with Gasteiger partial charge >= 0.3 is 5.97 Å². The molecule has 0 bridgehead atoms. The average molecular weight is 1140 g/mol. The maximum absolute atomic E-state index is 13.6. The SMILES string of the molecule is C=C(C1=Cc2ccc(C(=O)Nc3cnc(NCCN(C)CCOCCOCCOCCOCCOCCOCCOCCOCCOCCOCCC(=O)Oc4c(F)c(F)cc(F)c4F)nc3)cc2N=C(N)C1)N(CCC)CCC. The molecule has 25 heteroatoms. The van der Waals surface area contributed by atoms with E-state index >= 15 is 0 Å². The van der Waals surface area contributed by atoms with Crippen molar-refractivity contribution in [3.8, 4) is 5.75 Å². The van der Waals surface area contributed by atoms with Crippen molar-refractivity contribution >= 4 is 41.1 Å². The molecule has 0 atom stereocenters. The fraction of sp³-hybridized carbons (Fsp3) is 0.582. The van der Waals surface area contributed by atoms with Crippen LogP contribution in [0.4, 0.5) is 34.9 Å². The third-order valence-electron chi connectivity index (χ3n) is 11.4. The number of amidine groups is 1. The van der Waals surface area contributed by atoms with Crippen molar-refractivity contribution in [1.82, 2.24) is 19.8 Å². The quantitative estimate of drug-likeness (QED) is 0.0188. The Bertz CT molecular complexity index is 2310. The van der Waals surface area contributed by atoms with E-state index in [1.165, 1.54) is 0 Å². The minimum Gasteiger partial charge on any atom is -0.420 e. The van der Waals surface area contributed by atoms with Crippen LogP contribution in [0.15, 0.2) is 59.5 Å². The number of ether oxygens (including phenoxy) is 11. The molecule has 0 aliphatic carbocycles. The van der Waals surface area contributed by atoms with E-state index in [4.69, 9.17) is 53.1 Å². The van der Waals surface area contributed by atoms with Crippen LogP contribution in [-0.2, 0) is 52.2 Å². The number of esters is 1. The summed E-state index contributed by atoms with van der Waals surface area (Å²) < 4.78 is 113. The van der Waals surface area contributed by atoms with Crippen LogP contribution in [0.3, 0.4) is 0 Å². The first kappa shape index (κ1) is 66.8. The van der Waals surface area contributed by atoms with Crippen LogP contribution in [0, 0.1) is 23.3 Å². The molecule has 0 saturated carbocycles. The predicted octanol–water partition coefficient (Wildman–Crippen LogP) is 6.20. The minimum atomic E-state index is -1.80. The van der Waals surface area contributed by atoms with Crippen molar-refractivity contribution in [2.75, 3.05) is 183 Å². The number of carbonyl (C=O) groups excluding carboxylic acids is 2. The first-order valence-electron chi connectivity index (χ1n) is 26.9. The lowest BCUT2D eigenvalue weighted by atomic mass is 10.0. The number of anilines is 2. The summed E-state index contributed by atoms with van der Waals surface area (Å²) in [7, 11) is 2.01. The Morgan fingerprint density at radius 3 is 1.57 bits per heavy atom. The van der Waals surface area contributed by atoms with Crippen molar-refractivity contribution in [2.45, 2.75) is 39.5 Å². The number of rotatable bonds is 46. The molecule has 21 nitrogen and oxygen atoms in total. The van der Waals surface area contributed by atoms with Gasteiger partial charge in [-0.2, -0.15) is 8.78 Å². The smallest absolute Gasteiger partial charge is 0.313 e. The molecule has 1 aromatic heterocycles. The van der Waals surface area contributed by atoms with Gasteiger partial charge in [-0.05, 0) is 43.7 Å². The predicted molar refractivity (Wildman–Crippen MR) is 292 cm³/mol. The number of aromatic nitrogens is 2. The van der Waals surface area contributed by atoms with Crippen LogP contribution < -0.4 is 21.1 Å².